The molecule has 0 amide bonds. The lowest BCUT2D eigenvalue weighted by molar-refractivity contribution is 0.338. The molecule has 0 spiro atoms. The number of hydrogen-bond acceptors (Lipinski definition) is 4. The molecular weight excluding hydrogens is 250 g/mol. The first-order chi connectivity index (χ1) is 8.35. The highest BCUT2D eigenvalue weighted by atomic mass is 32.2. The number of ether oxygens (including phenoxy) is 1. The van der Waals surface area contributed by atoms with Crippen LogP contribution in [0.25, 0.3) is 0 Å². The van der Waals surface area contributed by atoms with E-state index in [0.29, 0.717) is 5.75 Å². The highest BCUT2D eigenvalue weighted by molar-refractivity contribution is 7.91. The smallest absolute Gasteiger partial charge is 0.153 e. The van der Waals surface area contributed by atoms with E-state index in [2.05, 4.69) is 0 Å². The molecule has 1 unspecified atom stereocenters. The van der Waals surface area contributed by atoms with Crippen molar-refractivity contribution in [2.24, 2.45) is 5.73 Å². The lowest BCUT2D eigenvalue weighted by atomic mass is 10.1. The Morgan fingerprint density at radius 2 is 2.06 bits per heavy atom. The summed E-state index contributed by atoms with van der Waals surface area (Å²) in [4.78, 5) is 0. The van der Waals surface area contributed by atoms with Crippen molar-refractivity contribution in [2.45, 2.75) is 26.8 Å². The highest BCUT2D eigenvalue weighted by Crippen LogP contribution is 2.21. The largest absolute Gasteiger partial charge is 0.492 e. The fourth-order valence-corrected chi connectivity index (χ4v) is 2.17. The Labute approximate surface area is 109 Å². The van der Waals surface area contributed by atoms with Gasteiger partial charge in [0.15, 0.2) is 9.84 Å². The Kier molecular flexibility index (Phi) is 5.16. The van der Waals surface area contributed by atoms with Crippen molar-refractivity contribution < 1.29 is 13.2 Å². The van der Waals surface area contributed by atoms with Crippen LogP contribution in [-0.2, 0) is 9.84 Å². The van der Waals surface area contributed by atoms with Crippen LogP contribution >= 0.6 is 0 Å². The van der Waals surface area contributed by atoms with Gasteiger partial charge in [-0.2, -0.15) is 0 Å². The summed E-state index contributed by atoms with van der Waals surface area (Å²) in [5, 5.41) is 0. The standard InChI is InChI=1S/C13H21NO3S/c1-4-18(15,16)8-7-17-13-6-5-12(11(3)14)9-10(13)2/h5-6,9,11H,4,7-8,14H2,1-3H3. The molecule has 0 aliphatic rings. The van der Waals surface area contributed by atoms with E-state index in [4.69, 9.17) is 10.5 Å². The summed E-state index contributed by atoms with van der Waals surface area (Å²) in [5.41, 5.74) is 7.80. The highest BCUT2D eigenvalue weighted by Gasteiger charge is 2.09. The summed E-state index contributed by atoms with van der Waals surface area (Å²) in [7, 11) is -2.97. The molecule has 0 fully saturated rings. The summed E-state index contributed by atoms with van der Waals surface area (Å²) < 4.78 is 28.1. The molecule has 0 saturated carbocycles. The third kappa shape index (κ3) is 4.31. The van der Waals surface area contributed by atoms with Gasteiger partial charge in [0.2, 0.25) is 0 Å². The first-order valence-corrected chi connectivity index (χ1v) is 7.87. The molecule has 1 aromatic carbocycles. The molecule has 0 bridgehead atoms. The average Bonchev–Trinajstić information content (AvgIpc) is 2.31. The van der Waals surface area contributed by atoms with E-state index < -0.39 is 9.84 Å². The van der Waals surface area contributed by atoms with E-state index in [1.807, 2.05) is 32.0 Å². The van der Waals surface area contributed by atoms with Gasteiger partial charge in [0.25, 0.3) is 0 Å². The molecule has 18 heavy (non-hydrogen) atoms. The van der Waals surface area contributed by atoms with Gasteiger partial charge in [0.1, 0.15) is 12.4 Å². The van der Waals surface area contributed by atoms with Gasteiger partial charge in [0, 0.05) is 11.8 Å². The minimum atomic E-state index is -2.97. The lowest BCUT2D eigenvalue weighted by Crippen LogP contribution is -2.16. The number of aryl methyl sites for hydroxylation is 1. The Balaban J connectivity index is 2.64. The summed E-state index contributed by atoms with van der Waals surface area (Å²) >= 11 is 0. The predicted molar refractivity (Wildman–Crippen MR) is 73.6 cm³/mol. The van der Waals surface area contributed by atoms with E-state index in [0.717, 1.165) is 11.1 Å². The summed E-state index contributed by atoms with van der Waals surface area (Å²) in [6.45, 7) is 5.67. The minimum absolute atomic E-state index is 0.0155. The van der Waals surface area contributed by atoms with Crippen LogP contribution in [0.4, 0.5) is 0 Å². The van der Waals surface area contributed by atoms with Crippen molar-refractivity contribution in [3.63, 3.8) is 0 Å². The van der Waals surface area contributed by atoms with Gasteiger partial charge >= 0.3 is 0 Å². The Morgan fingerprint density at radius 3 is 2.56 bits per heavy atom. The van der Waals surface area contributed by atoms with Crippen LogP contribution in [0, 0.1) is 6.92 Å². The molecule has 102 valence electrons. The molecule has 0 aliphatic carbocycles. The fourth-order valence-electron chi connectivity index (χ4n) is 1.54. The van der Waals surface area contributed by atoms with Gasteiger partial charge in [-0.15, -0.1) is 0 Å². The van der Waals surface area contributed by atoms with Crippen LogP contribution < -0.4 is 10.5 Å². The van der Waals surface area contributed by atoms with Crippen LogP contribution in [0.2, 0.25) is 0 Å². The summed E-state index contributed by atoms with van der Waals surface area (Å²) in [5.74, 6) is 0.919. The average molecular weight is 271 g/mol. The third-order valence-corrected chi connectivity index (χ3v) is 4.48. The Morgan fingerprint density at radius 1 is 1.39 bits per heavy atom. The topological polar surface area (TPSA) is 69.4 Å². The zero-order valence-corrected chi connectivity index (χ0v) is 12.0. The molecule has 0 radical (unpaired) electrons. The van der Waals surface area contributed by atoms with Crippen molar-refractivity contribution in [3.05, 3.63) is 29.3 Å². The second kappa shape index (κ2) is 6.20. The van der Waals surface area contributed by atoms with Gasteiger partial charge in [-0.25, -0.2) is 8.42 Å². The Bertz CT molecular complexity index is 495. The van der Waals surface area contributed by atoms with Gasteiger partial charge in [-0.1, -0.05) is 19.1 Å². The second-order valence-corrected chi connectivity index (χ2v) is 6.87. The van der Waals surface area contributed by atoms with E-state index >= 15 is 0 Å². The van der Waals surface area contributed by atoms with E-state index in [-0.39, 0.29) is 24.2 Å². The molecule has 1 rings (SSSR count). The third-order valence-electron chi connectivity index (χ3n) is 2.82. The number of benzene rings is 1. The van der Waals surface area contributed by atoms with Crippen molar-refractivity contribution in [1.29, 1.82) is 0 Å². The van der Waals surface area contributed by atoms with Gasteiger partial charge in [-0.05, 0) is 31.0 Å². The number of nitrogens with two attached hydrogens (primary N) is 1. The number of rotatable bonds is 6. The monoisotopic (exact) mass is 271 g/mol. The molecular formula is C13H21NO3S. The molecule has 5 heteroatoms. The Hall–Kier alpha value is -1.07. The predicted octanol–water partition coefficient (Wildman–Crippen LogP) is 1.83. The first-order valence-electron chi connectivity index (χ1n) is 6.05. The van der Waals surface area contributed by atoms with E-state index in [1.165, 1.54) is 0 Å². The first kappa shape index (κ1) is 15.0. The van der Waals surface area contributed by atoms with E-state index in [9.17, 15) is 8.42 Å². The van der Waals surface area contributed by atoms with Crippen LogP contribution in [0.3, 0.4) is 0 Å². The van der Waals surface area contributed by atoms with Gasteiger partial charge in [0.05, 0.1) is 5.75 Å². The summed E-state index contributed by atoms with van der Waals surface area (Å²) in [6.07, 6.45) is 0. The number of sulfone groups is 1. The van der Waals surface area contributed by atoms with Crippen molar-refractivity contribution >= 4 is 9.84 Å². The molecule has 1 aromatic rings. The maximum Gasteiger partial charge on any atom is 0.153 e. The van der Waals surface area contributed by atoms with Crippen LogP contribution in [-0.4, -0.2) is 26.5 Å². The van der Waals surface area contributed by atoms with Crippen molar-refractivity contribution in [3.8, 4) is 5.75 Å². The zero-order chi connectivity index (χ0) is 13.8. The summed E-state index contributed by atoms with van der Waals surface area (Å²) in [6, 6.07) is 5.70. The molecule has 2 N–H and O–H groups in total. The minimum Gasteiger partial charge on any atom is -0.492 e. The number of hydrogen-bond donors (Lipinski definition) is 1. The molecule has 1 atom stereocenters. The van der Waals surface area contributed by atoms with Crippen LogP contribution in [0.5, 0.6) is 5.75 Å². The quantitative estimate of drug-likeness (QED) is 0.857. The van der Waals surface area contributed by atoms with Gasteiger partial charge in [-0.3, -0.25) is 0 Å². The van der Waals surface area contributed by atoms with Crippen molar-refractivity contribution in [2.75, 3.05) is 18.1 Å². The van der Waals surface area contributed by atoms with Gasteiger partial charge < -0.3 is 10.5 Å². The van der Waals surface area contributed by atoms with E-state index in [1.54, 1.807) is 6.92 Å². The molecule has 0 saturated heterocycles. The second-order valence-electron chi connectivity index (χ2n) is 4.40. The van der Waals surface area contributed by atoms with Crippen LogP contribution in [0.15, 0.2) is 18.2 Å². The molecule has 0 aromatic heterocycles. The normalized spacial score (nSPS) is 13.3. The SMILES string of the molecule is CCS(=O)(=O)CCOc1ccc(C(C)N)cc1C. The van der Waals surface area contributed by atoms with Crippen LogP contribution in [0.1, 0.15) is 31.0 Å². The zero-order valence-electron chi connectivity index (χ0n) is 11.1. The maximum atomic E-state index is 11.3. The molecule has 4 nitrogen and oxygen atoms in total. The molecule has 0 aliphatic heterocycles. The fraction of sp³-hybridized carbons (Fsp3) is 0.538. The lowest BCUT2D eigenvalue weighted by Gasteiger charge is -2.12. The molecule has 0 heterocycles. The van der Waals surface area contributed by atoms with Crippen molar-refractivity contribution in [1.82, 2.24) is 0 Å². The maximum absolute atomic E-state index is 11.3.